The second-order valence-electron chi connectivity index (χ2n) is 6.26. The van der Waals surface area contributed by atoms with E-state index >= 15 is 0 Å². The highest BCUT2D eigenvalue weighted by molar-refractivity contribution is 7.89. The normalized spacial score (nSPS) is 11.4. The summed E-state index contributed by atoms with van der Waals surface area (Å²) in [5.41, 5.74) is 0.534. The van der Waals surface area contributed by atoms with Crippen LogP contribution in [0.25, 0.3) is 0 Å². The maximum Gasteiger partial charge on any atom is 0.240 e. The molecule has 0 radical (unpaired) electrons. The summed E-state index contributed by atoms with van der Waals surface area (Å²) in [6, 6.07) is 12.7. The third-order valence-corrected chi connectivity index (χ3v) is 6.54. The quantitative estimate of drug-likeness (QED) is 0.555. The van der Waals surface area contributed by atoms with Crippen LogP contribution in [0.15, 0.2) is 53.4 Å². The van der Waals surface area contributed by atoms with E-state index in [0.717, 1.165) is 0 Å². The number of halogens is 1. The number of methoxy groups -OCH3 is 1. The van der Waals surface area contributed by atoms with Crippen molar-refractivity contribution in [2.45, 2.75) is 11.3 Å². The van der Waals surface area contributed by atoms with E-state index in [1.807, 2.05) is 0 Å². The van der Waals surface area contributed by atoms with Crippen LogP contribution >= 0.6 is 11.5 Å². The first-order valence-electron chi connectivity index (χ1n) is 8.80. The molecule has 0 aliphatic carbocycles. The van der Waals surface area contributed by atoms with Gasteiger partial charge < -0.3 is 9.64 Å². The third-order valence-electron chi connectivity index (χ3n) is 4.20. The van der Waals surface area contributed by atoms with E-state index in [4.69, 9.17) is 4.74 Å². The standard InChI is InChI=1S/C19H21FN4O3S2/c1-24(12-11-21-29(25,26)16-9-7-15(27-2)8-10-16)19-22-18(23-28-19)13-14-5-3-4-6-17(14)20/h3-10,21H,11-13H2,1-2H3. The second kappa shape index (κ2) is 9.29. The fraction of sp³-hybridized carbons (Fsp3) is 0.263. The van der Waals surface area contributed by atoms with Gasteiger partial charge in [-0.15, -0.1) is 0 Å². The topological polar surface area (TPSA) is 84.4 Å². The van der Waals surface area contributed by atoms with E-state index in [9.17, 15) is 12.8 Å². The van der Waals surface area contributed by atoms with Crippen LogP contribution in [-0.2, 0) is 16.4 Å². The Bertz CT molecular complexity index is 1060. The number of anilines is 1. The lowest BCUT2D eigenvalue weighted by Gasteiger charge is -2.15. The number of benzene rings is 2. The number of aromatic nitrogens is 2. The molecular weight excluding hydrogens is 415 g/mol. The average molecular weight is 437 g/mol. The molecule has 154 valence electrons. The van der Waals surface area contributed by atoms with Crippen LogP contribution in [0.3, 0.4) is 0 Å². The van der Waals surface area contributed by atoms with Gasteiger partial charge in [0.1, 0.15) is 17.4 Å². The summed E-state index contributed by atoms with van der Waals surface area (Å²) in [4.78, 5) is 6.39. The van der Waals surface area contributed by atoms with Crippen LogP contribution in [0.4, 0.5) is 9.52 Å². The summed E-state index contributed by atoms with van der Waals surface area (Å²) >= 11 is 1.19. The molecule has 0 unspecified atom stereocenters. The molecule has 2 aromatic carbocycles. The number of ether oxygens (including phenoxy) is 1. The van der Waals surface area contributed by atoms with Crippen LogP contribution in [-0.4, -0.2) is 45.0 Å². The summed E-state index contributed by atoms with van der Waals surface area (Å²) in [7, 11) is -0.289. The Labute approximate surface area is 173 Å². The Morgan fingerprint density at radius 1 is 1.17 bits per heavy atom. The zero-order chi connectivity index (χ0) is 20.9. The number of likely N-dealkylation sites (N-methyl/N-ethyl adjacent to an activating group) is 1. The molecule has 29 heavy (non-hydrogen) atoms. The van der Waals surface area contributed by atoms with Crippen molar-refractivity contribution in [3.05, 3.63) is 65.7 Å². The van der Waals surface area contributed by atoms with Gasteiger partial charge in [-0.05, 0) is 35.9 Å². The lowest BCUT2D eigenvalue weighted by atomic mass is 10.1. The lowest BCUT2D eigenvalue weighted by Crippen LogP contribution is -2.33. The highest BCUT2D eigenvalue weighted by Gasteiger charge is 2.15. The number of sulfonamides is 1. The molecule has 3 aromatic rings. The van der Waals surface area contributed by atoms with Crippen LogP contribution in [0.5, 0.6) is 5.75 Å². The predicted octanol–water partition coefficient (Wildman–Crippen LogP) is 2.69. The largest absolute Gasteiger partial charge is 0.497 e. The van der Waals surface area contributed by atoms with Crippen molar-refractivity contribution in [3.8, 4) is 5.75 Å². The molecule has 3 rings (SSSR count). The maximum atomic E-state index is 13.8. The van der Waals surface area contributed by atoms with E-state index < -0.39 is 10.0 Å². The molecule has 0 saturated heterocycles. The smallest absolute Gasteiger partial charge is 0.240 e. The predicted molar refractivity (Wildman–Crippen MR) is 111 cm³/mol. The van der Waals surface area contributed by atoms with E-state index in [1.165, 1.54) is 36.8 Å². The Hall–Kier alpha value is -2.56. The fourth-order valence-electron chi connectivity index (χ4n) is 2.57. The molecule has 0 fully saturated rings. The molecule has 10 heteroatoms. The van der Waals surface area contributed by atoms with Crippen LogP contribution in [0, 0.1) is 5.82 Å². The maximum absolute atomic E-state index is 13.8. The van der Waals surface area contributed by atoms with E-state index in [1.54, 1.807) is 42.3 Å². The number of nitrogens with one attached hydrogen (secondary N) is 1. The summed E-state index contributed by atoms with van der Waals surface area (Å²) in [5, 5.41) is 0.639. The summed E-state index contributed by atoms with van der Waals surface area (Å²) in [6.45, 7) is 0.608. The number of nitrogens with zero attached hydrogens (tertiary/aromatic N) is 3. The van der Waals surface area contributed by atoms with Crippen LogP contribution in [0.2, 0.25) is 0 Å². The average Bonchev–Trinajstić information content (AvgIpc) is 3.18. The first-order valence-corrected chi connectivity index (χ1v) is 11.1. The van der Waals surface area contributed by atoms with Crippen molar-refractivity contribution in [1.82, 2.24) is 14.1 Å². The minimum absolute atomic E-state index is 0.170. The van der Waals surface area contributed by atoms with Gasteiger partial charge in [-0.25, -0.2) is 22.5 Å². The monoisotopic (exact) mass is 436 g/mol. The Balaban J connectivity index is 1.55. The number of hydrogen-bond acceptors (Lipinski definition) is 7. The molecule has 0 saturated carbocycles. The summed E-state index contributed by atoms with van der Waals surface area (Å²) < 4.78 is 50.3. The van der Waals surface area contributed by atoms with Gasteiger partial charge in [-0.3, -0.25) is 0 Å². The van der Waals surface area contributed by atoms with Crippen molar-refractivity contribution < 1.29 is 17.5 Å². The van der Waals surface area contributed by atoms with Crippen molar-refractivity contribution in [2.75, 3.05) is 32.1 Å². The lowest BCUT2D eigenvalue weighted by molar-refractivity contribution is 0.414. The molecule has 0 atom stereocenters. The zero-order valence-electron chi connectivity index (χ0n) is 16.0. The number of rotatable bonds is 9. The van der Waals surface area contributed by atoms with Gasteiger partial charge >= 0.3 is 0 Å². The SMILES string of the molecule is COc1ccc(S(=O)(=O)NCCN(C)c2nc(Cc3ccccc3F)ns2)cc1. The van der Waals surface area contributed by atoms with Gasteiger partial charge in [0.25, 0.3) is 0 Å². The molecule has 1 aromatic heterocycles. The Kier molecular flexibility index (Phi) is 6.78. The Morgan fingerprint density at radius 3 is 2.59 bits per heavy atom. The highest BCUT2D eigenvalue weighted by Crippen LogP contribution is 2.19. The Morgan fingerprint density at radius 2 is 1.90 bits per heavy atom. The second-order valence-corrected chi connectivity index (χ2v) is 8.75. The summed E-state index contributed by atoms with van der Waals surface area (Å²) in [5.74, 6) is 0.831. The van der Waals surface area contributed by atoms with Crippen LogP contribution in [0.1, 0.15) is 11.4 Å². The minimum Gasteiger partial charge on any atom is -0.497 e. The third kappa shape index (κ3) is 5.49. The van der Waals surface area contributed by atoms with E-state index in [0.29, 0.717) is 35.2 Å². The first kappa shape index (κ1) is 21.2. The molecule has 0 aliphatic heterocycles. The molecule has 7 nitrogen and oxygen atoms in total. The van der Waals surface area contributed by atoms with Crippen molar-refractivity contribution in [2.24, 2.45) is 0 Å². The van der Waals surface area contributed by atoms with E-state index in [-0.39, 0.29) is 17.3 Å². The van der Waals surface area contributed by atoms with E-state index in [2.05, 4.69) is 14.1 Å². The molecule has 0 spiro atoms. The summed E-state index contributed by atoms with van der Waals surface area (Å²) in [6.07, 6.45) is 0.307. The van der Waals surface area contributed by atoms with Gasteiger partial charge in [0.15, 0.2) is 0 Å². The molecule has 0 amide bonds. The van der Waals surface area contributed by atoms with Crippen LogP contribution < -0.4 is 14.4 Å². The van der Waals surface area contributed by atoms with Gasteiger partial charge in [-0.2, -0.15) is 4.37 Å². The fourth-order valence-corrected chi connectivity index (χ4v) is 4.26. The molecule has 1 N–H and O–H groups in total. The van der Waals surface area contributed by atoms with Crippen molar-refractivity contribution >= 4 is 26.7 Å². The first-order chi connectivity index (χ1) is 13.9. The molecular formula is C19H21FN4O3S2. The van der Waals surface area contributed by atoms with Crippen molar-refractivity contribution in [1.29, 1.82) is 0 Å². The van der Waals surface area contributed by atoms with Crippen molar-refractivity contribution in [3.63, 3.8) is 0 Å². The minimum atomic E-state index is -3.61. The molecule has 1 heterocycles. The number of hydrogen-bond donors (Lipinski definition) is 1. The van der Waals surface area contributed by atoms with Gasteiger partial charge in [-0.1, -0.05) is 18.2 Å². The highest BCUT2D eigenvalue weighted by atomic mass is 32.2. The molecule has 0 bridgehead atoms. The van der Waals surface area contributed by atoms with Gasteiger partial charge in [0.05, 0.1) is 12.0 Å². The zero-order valence-corrected chi connectivity index (χ0v) is 17.6. The van der Waals surface area contributed by atoms with Gasteiger partial charge in [0, 0.05) is 38.1 Å². The van der Waals surface area contributed by atoms with Gasteiger partial charge in [0.2, 0.25) is 15.2 Å². The molecule has 0 aliphatic rings.